The van der Waals surface area contributed by atoms with Gasteiger partial charge in [-0.25, -0.2) is 0 Å². The van der Waals surface area contributed by atoms with Crippen LogP contribution in [0.3, 0.4) is 0 Å². The average Bonchev–Trinajstić information content (AvgIpc) is 2.64. The zero-order valence-corrected chi connectivity index (χ0v) is 14.3. The summed E-state index contributed by atoms with van der Waals surface area (Å²) in [6, 6.07) is 16.2. The molecule has 0 spiro atoms. The van der Waals surface area contributed by atoms with Gasteiger partial charge in [0.25, 0.3) is 5.91 Å². The zero-order chi connectivity index (χ0) is 17.9. The maximum absolute atomic E-state index is 12.3. The molecule has 0 heterocycles. The third kappa shape index (κ3) is 6.39. The number of unbranched alkanes of at least 4 members (excludes halogenated alkanes) is 3. The van der Waals surface area contributed by atoms with E-state index in [-0.39, 0.29) is 11.8 Å². The van der Waals surface area contributed by atoms with E-state index in [1.165, 1.54) is 0 Å². The predicted octanol–water partition coefficient (Wildman–Crippen LogP) is 3.79. The van der Waals surface area contributed by atoms with Crippen LogP contribution < -0.4 is 16.4 Å². The minimum Gasteiger partial charge on any atom is -0.330 e. The SMILES string of the molecule is NCCCCCCC(=O)Nc1ccccc1NC(=O)c1ccccc1. The van der Waals surface area contributed by atoms with E-state index in [4.69, 9.17) is 5.73 Å². The number of para-hydroxylation sites is 2. The molecule has 2 aromatic carbocycles. The Bertz CT molecular complexity index is 686. The molecule has 0 aliphatic heterocycles. The number of anilines is 2. The van der Waals surface area contributed by atoms with Crippen LogP contribution in [0, 0.1) is 0 Å². The Morgan fingerprint density at radius 2 is 1.36 bits per heavy atom. The molecule has 2 rings (SSSR count). The average molecular weight is 339 g/mol. The Hall–Kier alpha value is -2.66. The molecule has 0 unspecified atom stereocenters. The van der Waals surface area contributed by atoms with Crippen molar-refractivity contribution < 1.29 is 9.59 Å². The second-order valence-corrected chi connectivity index (χ2v) is 5.87. The van der Waals surface area contributed by atoms with Gasteiger partial charge in [0.2, 0.25) is 5.91 Å². The summed E-state index contributed by atoms with van der Waals surface area (Å²) in [6.45, 7) is 0.695. The first-order valence-corrected chi connectivity index (χ1v) is 8.66. The monoisotopic (exact) mass is 339 g/mol. The van der Waals surface area contributed by atoms with Gasteiger partial charge in [-0.3, -0.25) is 9.59 Å². The van der Waals surface area contributed by atoms with Gasteiger partial charge >= 0.3 is 0 Å². The molecule has 0 saturated carbocycles. The maximum atomic E-state index is 12.3. The van der Waals surface area contributed by atoms with Crippen LogP contribution in [0.2, 0.25) is 0 Å². The smallest absolute Gasteiger partial charge is 0.255 e. The van der Waals surface area contributed by atoms with E-state index in [0.717, 1.165) is 25.7 Å². The second-order valence-electron chi connectivity index (χ2n) is 5.87. The summed E-state index contributed by atoms with van der Waals surface area (Å²) in [5.74, 6) is -0.252. The summed E-state index contributed by atoms with van der Waals surface area (Å²) in [6.07, 6.45) is 4.34. The van der Waals surface area contributed by atoms with Gasteiger partial charge in [0, 0.05) is 12.0 Å². The molecule has 0 aromatic heterocycles. The van der Waals surface area contributed by atoms with Crippen LogP contribution in [-0.2, 0) is 4.79 Å². The molecule has 2 amide bonds. The topological polar surface area (TPSA) is 84.2 Å². The first-order valence-electron chi connectivity index (χ1n) is 8.66. The molecule has 2 aromatic rings. The largest absolute Gasteiger partial charge is 0.330 e. The number of rotatable bonds is 9. The Labute approximate surface area is 148 Å². The minimum absolute atomic E-state index is 0.0471. The summed E-state index contributed by atoms with van der Waals surface area (Å²) in [5.41, 5.74) is 7.23. The fourth-order valence-corrected chi connectivity index (χ4v) is 2.48. The van der Waals surface area contributed by atoms with Crippen LogP contribution in [0.5, 0.6) is 0 Å². The van der Waals surface area contributed by atoms with Crippen molar-refractivity contribution in [1.82, 2.24) is 0 Å². The highest BCUT2D eigenvalue weighted by molar-refractivity contribution is 6.07. The fourth-order valence-electron chi connectivity index (χ4n) is 2.48. The lowest BCUT2D eigenvalue weighted by Gasteiger charge is -2.12. The molecule has 5 nitrogen and oxygen atoms in total. The van der Waals surface area contributed by atoms with Crippen molar-refractivity contribution in [3.63, 3.8) is 0 Å². The van der Waals surface area contributed by atoms with Gasteiger partial charge < -0.3 is 16.4 Å². The van der Waals surface area contributed by atoms with Crippen molar-refractivity contribution in [3.8, 4) is 0 Å². The Morgan fingerprint density at radius 3 is 2.04 bits per heavy atom. The van der Waals surface area contributed by atoms with Crippen LogP contribution in [0.25, 0.3) is 0 Å². The van der Waals surface area contributed by atoms with Gasteiger partial charge in [0.1, 0.15) is 0 Å². The molecule has 0 saturated heterocycles. The van der Waals surface area contributed by atoms with Crippen LogP contribution >= 0.6 is 0 Å². The Kier molecular flexibility index (Phi) is 7.66. The number of nitrogens with two attached hydrogens (primary N) is 1. The quantitative estimate of drug-likeness (QED) is 0.608. The fraction of sp³-hybridized carbons (Fsp3) is 0.300. The molecule has 0 radical (unpaired) electrons. The second kappa shape index (κ2) is 10.3. The number of hydrogen-bond acceptors (Lipinski definition) is 3. The number of hydrogen-bond donors (Lipinski definition) is 3. The summed E-state index contributed by atoms with van der Waals surface area (Å²) in [5, 5.41) is 5.73. The van der Waals surface area contributed by atoms with E-state index < -0.39 is 0 Å². The summed E-state index contributed by atoms with van der Waals surface area (Å²) in [7, 11) is 0. The number of carbonyl (C=O) groups excluding carboxylic acids is 2. The molecule has 0 aliphatic rings. The third-order valence-corrected chi connectivity index (χ3v) is 3.84. The Balaban J connectivity index is 1.91. The number of benzene rings is 2. The van der Waals surface area contributed by atoms with Gasteiger partial charge in [0.15, 0.2) is 0 Å². The highest BCUT2D eigenvalue weighted by atomic mass is 16.2. The first-order chi connectivity index (χ1) is 12.2. The lowest BCUT2D eigenvalue weighted by atomic mass is 10.1. The molecular formula is C20H25N3O2. The van der Waals surface area contributed by atoms with Gasteiger partial charge in [-0.05, 0) is 43.7 Å². The van der Waals surface area contributed by atoms with Gasteiger partial charge in [-0.2, -0.15) is 0 Å². The predicted molar refractivity (Wildman–Crippen MR) is 102 cm³/mol. The molecule has 0 atom stereocenters. The molecule has 132 valence electrons. The molecule has 5 heteroatoms. The van der Waals surface area contributed by atoms with Crippen LogP contribution in [0.1, 0.15) is 42.5 Å². The summed E-state index contributed by atoms with van der Waals surface area (Å²) >= 11 is 0. The lowest BCUT2D eigenvalue weighted by Crippen LogP contribution is -2.16. The number of carbonyl (C=O) groups is 2. The maximum Gasteiger partial charge on any atom is 0.255 e. The van der Waals surface area contributed by atoms with E-state index >= 15 is 0 Å². The number of amides is 2. The highest BCUT2D eigenvalue weighted by Gasteiger charge is 2.10. The standard InChI is InChI=1S/C20H25N3O2/c21-15-9-2-1-6-14-19(24)22-17-12-7-8-13-18(17)23-20(25)16-10-4-3-5-11-16/h3-5,7-8,10-13H,1-2,6,9,14-15,21H2,(H,22,24)(H,23,25). The van der Waals surface area contributed by atoms with Crippen molar-refractivity contribution in [2.24, 2.45) is 5.73 Å². The van der Waals surface area contributed by atoms with Crippen LogP contribution in [-0.4, -0.2) is 18.4 Å². The van der Waals surface area contributed by atoms with Crippen molar-refractivity contribution in [2.75, 3.05) is 17.2 Å². The zero-order valence-electron chi connectivity index (χ0n) is 14.3. The van der Waals surface area contributed by atoms with Crippen molar-refractivity contribution in [3.05, 3.63) is 60.2 Å². The molecule has 0 aliphatic carbocycles. The van der Waals surface area contributed by atoms with E-state index in [9.17, 15) is 9.59 Å². The summed E-state index contributed by atoms with van der Waals surface area (Å²) < 4.78 is 0. The normalized spacial score (nSPS) is 10.3. The van der Waals surface area contributed by atoms with Gasteiger partial charge in [0.05, 0.1) is 11.4 Å². The highest BCUT2D eigenvalue weighted by Crippen LogP contribution is 2.22. The first kappa shape index (κ1) is 18.7. The van der Waals surface area contributed by atoms with Gasteiger partial charge in [-0.15, -0.1) is 0 Å². The minimum atomic E-state index is -0.205. The Morgan fingerprint density at radius 1 is 0.760 bits per heavy atom. The van der Waals surface area contributed by atoms with Crippen LogP contribution in [0.15, 0.2) is 54.6 Å². The van der Waals surface area contributed by atoms with E-state index in [1.807, 2.05) is 30.3 Å². The van der Waals surface area contributed by atoms with E-state index in [0.29, 0.717) is 29.9 Å². The molecule has 4 N–H and O–H groups in total. The van der Waals surface area contributed by atoms with Crippen molar-refractivity contribution in [1.29, 1.82) is 0 Å². The van der Waals surface area contributed by atoms with Crippen molar-refractivity contribution >= 4 is 23.2 Å². The molecular weight excluding hydrogens is 314 g/mol. The van der Waals surface area contributed by atoms with Crippen molar-refractivity contribution in [2.45, 2.75) is 32.1 Å². The van der Waals surface area contributed by atoms with E-state index in [1.54, 1.807) is 24.3 Å². The van der Waals surface area contributed by atoms with E-state index in [2.05, 4.69) is 10.6 Å². The molecule has 0 fully saturated rings. The van der Waals surface area contributed by atoms with Crippen LogP contribution in [0.4, 0.5) is 11.4 Å². The molecule has 25 heavy (non-hydrogen) atoms. The lowest BCUT2D eigenvalue weighted by molar-refractivity contribution is -0.116. The van der Waals surface area contributed by atoms with Gasteiger partial charge in [-0.1, -0.05) is 43.2 Å². The third-order valence-electron chi connectivity index (χ3n) is 3.84. The molecule has 0 bridgehead atoms. The number of nitrogens with one attached hydrogen (secondary N) is 2. The summed E-state index contributed by atoms with van der Waals surface area (Å²) in [4.78, 5) is 24.4.